The van der Waals surface area contributed by atoms with E-state index >= 15 is 0 Å². The van der Waals surface area contributed by atoms with E-state index in [2.05, 4.69) is 9.97 Å². The van der Waals surface area contributed by atoms with Crippen molar-refractivity contribution in [1.82, 2.24) is 14.3 Å². The van der Waals surface area contributed by atoms with Gasteiger partial charge in [-0.15, -0.1) is 0 Å². The molecule has 2 aromatic rings. The van der Waals surface area contributed by atoms with Crippen LogP contribution in [0.5, 0.6) is 0 Å². The van der Waals surface area contributed by atoms with E-state index in [1.54, 1.807) is 6.20 Å². The van der Waals surface area contributed by atoms with E-state index in [4.69, 9.17) is 11.0 Å². The van der Waals surface area contributed by atoms with Crippen LogP contribution >= 0.6 is 0 Å². The van der Waals surface area contributed by atoms with Gasteiger partial charge in [0.1, 0.15) is 0 Å². The molecule has 0 unspecified atom stereocenters. The molecule has 1 aromatic carbocycles. The fourth-order valence-electron chi connectivity index (χ4n) is 2.16. The maximum atomic E-state index is 12.6. The zero-order valence-electron chi connectivity index (χ0n) is 10.9. The lowest BCUT2D eigenvalue weighted by atomic mass is 10.2. The molecule has 0 aliphatic carbocycles. The number of nitrogen functional groups attached to an aromatic ring is 1. The zero-order valence-corrected chi connectivity index (χ0v) is 11.7. The second kappa shape index (κ2) is 4.80. The Balaban J connectivity index is 1.92. The van der Waals surface area contributed by atoms with E-state index < -0.39 is 10.0 Å². The number of hydrogen-bond donors (Lipinski definition) is 1. The smallest absolute Gasteiger partial charge is 0.243 e. The first-order valence-corrected chi connectivity index (χ1v) is 7.55. The van der Waals surface area contributed by atoms with Gasteiger partial charge in [-0.2, -0.15) is 9.57 Å². The Labute approximate surface area is 121 Å². The van der Waals surface area contributed by atoms with Crippen LogP contribution in [0, 0.1) is 11.3 Å². The summed E-state index contributed by atoms with van der Waals surface area (Å²) >= 11 is 0. The largest absolute Gasteiger partial charge is 0.368 e. The van der Waals surface area contributed by atoms with Crippen molar-refractivity contribution >= 4 is 16.0 Å². The Morgan fingerprint density at radius 1 is 1.24 bits per heavy atom. The Hall–Kier alpha value is -2.50. The topological polar surface area (TPSA) is 113 Å². The van der Waals surface area contributed by atoms with Crippen LogP contribution in [0.3, 0.4) is 0 Å². The predicted molar refractivity (Wildman–Crippen MR) is 74.0 cm³/mol. The molecule has 1 aliphatic heterocycles. The van der Waals surface area contributed by atoms with Crippen molar-refractivity contribution in [3.8, 4) is 6.07 Å². The minimum Gasteiger partial charge on any atom is -0.368 e. The summed E-state index contributed by atoms with van der Waals surface area (Å²) in [7, 11) is -3.63. The lowest BCUT2D eigenvalue weighted by molar-refractivity contribution is 0.430. The molecule has 0 saturated carbocycles. The molecule has 3 rings (SSSR count). The molecule has 106 valence electrons. The van der Waals surface area contributed by atoms with Gasteiger partial charge in [-0.3, -0.25) is 0 Å². The molecule has 21 heavy (non-hydrogen) atoms. The van der Waals surface area contributed by atoms with Gasteiger partial charge in [-0.05, 0) is 24.3 Å². The minimum atomic E-state index is -3.63. The van der Waals surface area contributed by atoms with Crippen LogP contribution in [-0.4, -0.2) is 22.7 Å². The highest BCUT2D eigenvalue weighted by Crippen LogP contribution is 2.27. The number of benzene rings is 1. The molecule has 0 fully saturated rings. The van der Waals surface area contributed by atoms with E-state index in [1.165, 1.54) is 28.6 Å². The van der Waals surface area contributed by atoms with E-state index in [1.807, 2.05) is 6.07 Å². The molecule has 1 aromatic heterocycles. The highest BCUT2D eigenvalue weighted by molar-refractivity contribution is 7.89. The zero-order chi connectivity index (χ0) is 15.0. The number of aromatic nitrogens is 2. The quantitative estimate of drug-likeness (QED) is 0.870. The second-order valence-electron chi connectivity index (χ2n) is 4.61. The van der Waals surface area contributed by atoms with E-state index in [0.717, 1.165) is 5.56 Å². The SMILES string of the molecule is N#Cc1ccc(S(=O)(=O)N2Cc3cnc(N)nc3C2)cc1. The van der Waals surface area contributed by atoms with E-state index in [9.17, 15) is 8.42 Å². The monoisotopic (exact) mass is 301 g/mol. The van der Waals surface area contributed by atoms with Gasteiger partial charge in [0.2, 0.25) is 16.0 Å². The molecule has 0 amide bonds. The van der Waals surface area contributed by atoms with Gasteiger partial charge in [-0.25, -0.2) is 18.4 Å². The maximum absolute atomic E-state index is 12.6. The van der Waals surface area contributed by atoms with Crippen LogP contribution in [0.4, 0.5) is 5.95 Å². The Bertz CT molecular complexity index is 840. The number of nitrogens with two attached hydrogens (primary N) is 1. The number of rotatable bonds is 2. The summed E-state index contributed by atoms with van der Waals surface area (Å²) in [6, 6.07) is 7.77. The van der Waals surface area contributed by atoms with Gasteiger partial charge in [0.05, 0.1) is 28.8 Å². The van der Waals surface area contributed by atoms with Crippen LogP contribution in [0.25, 0.3) is 0 Å². The molecule has 8 heteroatoms. The summed E-state index contributed by atoms with van der Waals surface area (Å²) in [5.41, 5.74) is 7.30. The van der Waals surface area contributed by atoms with Crippen LogP contribution in [0.2, 0.25) is 0 Å². The molecule has 0 saturated heterocycles. The van der Waals surface area contributed by atoms with Crippen molar-refractivity contribution in [2.24, 2.45) is 0 Å². The Morgan fingerprint density at radius 2 is 1.95 bits per heavy atom. The highest BCUT2D eigenvalue weighted by Gasteiger charge is 2.31. The molecule has 0 radical (unpaired) electrons. The van der Waals surface area contributed by atoms with Gasteiger partial charge < -0.3 is 5.73 Å². The highest BCUT2D eigenvalue weighted by atomic mass is 32.2. The number of fused-ring (bicyclic) bond motifs is 1. The van der Waals surface area contributed by atoms with Crippen molar-refractivity contribution in [2.45, 2.75) is 18.0 Å². The van der Waals surface area contributed by atoms with Crippen molar-refractivity contribution in [1.29, 1.82) is 5.26 Å². The normalized spacial score (nSPS) is 14.6. The molecule has 7 nitrogen and oxygen atoms in total. The van der Waals surface area contributed by atoms with Crippen LogP contribution < -0.4 is 5.73 Å². The lowest BCUT2D eigenvalue weighted by Crippen LogP contribution is -2.25. The van der Waals surface area contributed by atoms with Crippen LogP contribution in [0.15, 0.2) is 35.4 Å². The Kier molecular flexibility index (Phi) is 3.08. The number of nitriles is 1. The van der Waals surface area contributed by atoms with E-state index in [0.29, 0.717) is 11.3 Å². The summed E-state index contributed by atoms with van der Waals surface area (Å²) in [6.45, 7) is 0.391. The molecule has 2 N–H and O–H groups in total. The lowest BCUT2D eigenvalue weighted by Gasteiger charge is -2.15. The summed E-state index contributed by atoms with van der Waals surface area (Å²) in [4.78, 5) is 8.08. The van der Waals surface area contributed by atoms with Crippen LogP contribution in [-0.2, 0) is 23.1 Å². The van der Waals surface area contributed by atoms with Crippen molar-refractivity contribution in [3.05, 3.63) is 47.3 Å². The number of nitrogens with zero attached hydrogens (tertiary/aromatic N) is 4. The summed E-state index contributed by atoms with van der Waals surface area (Å²) in [5.74, 6) is 0.131. The average Bonchev–Trinajstić information content (AvgIpc) is 2.91. The average molecular weight is 301 g/mol. The molecule has 2 heterocycles. The predicted octanol–water partition coefficient (Wildman–Crippen LogP) is 0.635. The van der Waals surface area contributed by atoms with E-state index in [-0.39, 0.29) is 23.9 Å². The molecule has 0 bridgehead atoms. The number of sulfonamides is 1. The molecular weight excluding hydrogens is 290 g/mol. The number of hydrogen-bond acceptors (Lipinski definition) is 6. The first kappa shape index (κ1) is 13.5. The molecular formula is C13H11N5O2S. The summed E-state index contributed by atoms with van der Waals surface area (Å²) < 4.78 is 26.4. The molecule has 1 aliphatic rings. The second-order valence-corrected chi connectivity index (χ2v) is 6.55. The third kappa shape index (κ3) is 2.33. The van der Waals surface area contributed by atoms with Gasteiger partial charge in [-0.1, -0.05) is 0 Å². The van der Waals surface area contributed by atoms with Crippen molar-refractivity contribution in [2.75, 3.05) is 5.73 Å². The van der Waals surface area contributed by atoms with Gasteiger partial charge >= 0.3 is 0 Å². The fraction of sp³-hybridized carbons (Fsp3) is 0.154. The van der Waals surface area contributed by atoms with Gasteiger partial charge in [0.25, 0.3) is 0 Å². The third-order valence-electron chi connectivity index (χ3n) is 3.27. The minimum absolute atomic E-state index is 0.131. The fourth-order valence-corrected chi connectivity index (χ4v) is 3.54. The third-order valence-corrected chi connectivity index (χ3v) is 5.07. The molecule has 0 atom stereocenters. The first-order valence-electron chi connectivity index (χ1n) is 6.11. The summed E-state index contributed by atoms with van der Waals surface area (Å²) in [5, 5.41) is 8.75. The first-order chi connectivity index (χ1) is 10.0. The van der Waals surface area contributed by atoms with Crippen molar-refractivity contribution < 1.29 is 8.42 Å². The maximum Gasteiger partial charge on any atom is 0.243 e. The van der Waals surface area contributed by atoms with Crippen LogP contribution in [0.1, 0.15) is 16.8 Å². The Morgan fingerprint density at radius 3 is 2.62 bits per heavy atom. The standard InChI is InChI=1S/C13H11N5O2S/c14-5-9-1-3-11(4-2-9)21(19,20)18-7-10-6-16-13(15)17-12(10)8-18/h1-4,6H,7-8H2,(H2,15,16,17). The number of anilines is 1. The van der Waals surface area contributed by atoms with Gasteiger partial charge in [0.15, 0.2) is 0 Å². The summed E-state index contributed by atoms with van der Waals surface area (Å²) in [6.07, 6.45) is 1.55. The van der Waals surface area contributed by atoms with Gasteiger partial charge in [0, 0.05) is 18.3 Å². The molecule has 0 spiro atoms. The van der Waals surface area contributed by atoms with Crippen molar-refractivity contribution in [3.63, 3.8) is 0 Å².